The molecule has 1 aromatic rings. The first-order valence-electron chi connectivity index (χ1n) is 7.99. The average Bonchev–Trinajstić information content (AvgIpc) is 2.94. The van der Waals surface area contributed by atoms with Gasteiger partial charge in [-0.15, -0.1) is 0 Å². The van der Waals surface area contributed by atoms with Crippen molar-refractivity contribution < 1.29 is 28.5 Å². The summed E-state index contributed by atoms with van der Waals surface area (Å²) in [6, 6.07) is 2.15. The Morgan fingerprint density at radius 2 is 1.75 bits per heavy atom. The van der Waals surface area contributed by atoms with Crippen molar-refractivity contribution in [1.82, 2.24) is 5.32 Å². The zero-order valence-corrected chi connectivity index (χ0v) is 13.8. The molecule has 3 rings (SSSR count). The Hall–Kier alpha value is -1.73. The molecular formula is C17H23F2NO4. The number of nitrogens with one attached hydrogen (secondary N) is 1. The van der Waals surface area contributed by atoms with E-state index in [4.69, 9.17) is 14.6 Å². The first-order valence-corrected chi connectivity index (χ1v) is 7.99. The highest BCUT2D eigenvalue weighted by molar-refractivity contribution is 5.62. The lowest BCUT2D eigenvalue weighted by molar-refractivity contribution is -0.134. The number of aliphatic hydroxyl groups is 1. The van der Waals surface area contributed by atoms with Crippen molar-refractivity contribution >= 4 is 5.97 Å². The number of benzene rings is 1. The van der Waals surface area contributed by atoms with E-state index in [1.165, 1.54) is 6.92 Å². The maximum absolute atomic E-state index is 13.8. The molecule has 1 heterocycles. The zero-order valence-electron chi connectivity index (χ0n) is 13.8. The van der Waals surface area contributed by atoms with Crippen molar-refractivity contribution in [3.8, 4) is 5.75 Å². The Morgan fingerprint density at radius 1 is 1.21 bits per heavy atom. The SMILES string of the molecule is CC(=O)O.Cc1c(F)ccc(F)c1O[C@@H]1C[C@@H]2CNC[C@@H]2C[C@H]1O. The molecule has 2 aliphatic rings. The lowest BCUT2D eigenvalue weighted by Gasteiger charge is -2.35. The van der Waals surface area contributed by atoms with Gasteiger partial charge in [0.1, 0.15) is 11.9 Å². The van der Waals surface area contributed by atoms with E-state index in [1.54, 1.807) is 0 Å². The molecule has 3 N–H and O–H groups in total. The van der Waals surface area contributed by atoms with Crippen LogP contribution in [0.15, 0.2) is 12.1 Å². The summed E-state index contributed by atoms with van der Waals surface area (Å²) < 4.78 is 32.9. The van der Waals surface area contributed by atoms with Crippen LogP contribution >= 0.6 is 0 Å². The van der Waals surface area contributed by atoms with Crippen LogP contribution in [0.2, 0.25) is 0 Å². The van der Waals surface area contributed by atoms with Crippen LogP contribution in [-0.2, 0) is 4.79 Å². The highest BCUT2D eigenvalue weighted by atomic mass is 19.1. The average molecular weight is 343 g/mol. The third kappa shape index (κ3) is 4.42. The standard InChI is InChI=1S/C15H19F2NO2.C2H4O2/c1-8-11(16)2-3-12(17)15(8)20-14-5-10-7-18-6-9(10)4-13(14)19;1-2(3)4/h2-3,9-10,13-14,18-19H,4-7H2,1H3;1H3,(H,3,4)/t9-,10+,13+,14+;/m0./s1. The Labute approximate surface area is 139 Å². The molecule has 0 aromatic heterocycles. The molecule has 1 aliphatic heterocycles. The fraction of sp³-hybridized carbons (Fsp3) is 0.588. The van der Waals surface area contributed by atoms with Gasteiger partial charge in [-0.25, -0.2) is 8.78 Å². The highest BCUT2D eigenvalue weighted by Crippen LogP contribution is 2.36. The summed E-state index contributed by atoms with van der Waals surface area (Å²) in [5, 5.41) is 20.9. The molecule has 5 nitrogen and oxygen atoms in total. The Kier molecular flexibility index (Phi) is 6.12. The number of ether oxygens (including phenoxy) is 1. The summed E-state index contributed by atoms with van der Waals surface area (Å²) in [6.07, 6.45) is 0.233. The van der Waals surface area contributed by atoms with Crippen molar-refractivity contribution in [2.24, 2.45) is 11.8 Å². The van der Waals surface area contributed by atoms with Crippen molar-refractivity contribution in [1.29, 1.82) is 0 Å². The number of aliphatic carboxylic acids is 1. The molecule has 0 radical (unpaired) electrons. The van der Waals surface area contributed by atoms with Crippen LogP contribution < -0.4 is 10.1 Å². The summed E-state index contributed by atoms with van der Waals surface area (Å²) in [5.74, 6) is -1.07. The molecule has 24 heavy (non-hydrogen) atoms. The fourth-order valence-electron chi connectivity index (χ4n) is 3.31. The van der Waals surface area contributed by atoms with Crippen LogP contribution in [0.25, 0.3) is 0 Å². The molecular weight excluding hydrogens is 320 g/mol. The van der Waals surface area contributed by atoms with Crippen LogP contribution in [0.3, 0.4) is 0 Å². The number of hydrogen-bond donors (Lipinski definition) is 3. The fourth-order valence-corrected chi connectivity index (χ4v) is 3.31. The molecule has 1 aromatic carbocycles. The van der Waals surface area contributed by atoms with E-state index >= 15 is 0 Å². The third-order valence-electron chi connectivity index (χ3n) is 4.55. The van der Waals surface area contributed by atoms with Crippen molar-refractivity contribution in [3.05, 3.63) is 29.3 Å². The van der Waals surface area contributed by atoms with E-state index in [2.05, 4.69) is 5.32 Å². The molecule has 1 saturated heterocycles. The van der Waals surface area contributed by atoms with Gasteiger partial charge in [0.2, 0.25) is 0 Å². The van der Waals surface area contributed by atoms with E-state index in [1.807, 2.05) is 0 Å². The number of carboxylic acids is 1. The predicted octanol–water partition coefficient (Wildman–Crippen LogP) is 2.10. The second kappa shape index (κ2) is 7.90. The maximum Gasteiger partial charge on any atom is 0.300 e. The number of aliphatic hydroxyl groups excluding tert-OH is 1. The minimum absolute atomic E-state index is 0.0709. The number of hydrogen-bond acceptors (Lipinski definition) is 4. The van der Waals surface area contributed by atoms with Gasteiger partial charge in [0.05, 0.1) is 6.10 Å². The van der Waals surface area contributed by atoms with Crippen molar-refractivity contribution in [3.63, 3.8) is 0 Å². The third-order valence-corrected chi connectivity index (χ3v) is 4.55. The molecule has 7 heteroatoms. The molecule has 0 amide bonds. The smallest absolute Gasteiger partial charge is 0.300 e. The van der Waals surface area contributed by atoms with Gasteiger partial charge in [-0.05, 0) is 56.8 Å². The van der Waals surface area contributed by atoms with Crippen LogP contribution in [0.5, 0.6) is 5.75 Å². The van der Waals surface area contributed by atoms with Crippen molar-refractivity contribution in [2.45, 2.75) is 38.9 Å². The summed E-state index contributed by atoms with van der Waals surface area (Å²) in [4.78, 5) is 9.00. The summed E-state index contributed by atoms with van der Waals surface area (Å²) >= 11 is 0. The Morgan fingerprint density at radius 3 is 2.38 bits per heavy atom. The first kappa shape index (κ1) is 18.6. The molecule has 4 atom stereocenters. The lowest BCUT2D eigenvalue weighted by Crippen LogP contribution is -2.42. The Bertz CT molecular complexity index is 592. The quantitative estimate of drug-likeness (QED) is 0.766. The minimum atomic E-state index is -0.833. The summed E-state index contributed by atoms with van der Waals surface area (Å²) in [7, 11) is 0. The zero-order chi connectivity index (χ0) is 17.9. The summed E-state index contributed by atoms with van der Waals surface area (Å²) in [6.45, 7) is 4.40. The predicted molar refractivity (Wildman–Crippen MR) is 83.9 cm³/mol. The maximum atomic E-state index is 13.8. The van der Waals surface area contributed by atoms with Gasteiger partial charge in [0, 0.05) is 12.5 Å². The molecule has 0 bridgehead atoms. The van der Waals surface area contributed by atoms with Gasteiger partial charge in [-0.2, -0.15) is 0 Å². The monoisotopic (exact) mass is 343 g/mol. The second-order valence-electron chi connectivity index (χ2n) is 6.38. The van der Waals surface area contributed by atoms with E-state index in [-0.39, 0.29) is 11.3 Å². The number of fused-ring (bicyclic) bond motifs is 1. The van der Waals surface area contributed by atoms with Gasteiger partial charge >= 0.3 is 0 Å². The first-order chi connectivity index (χ1) is 11.3. The normalized spacial score (nSPS) is 28.5. The van der Waals surface area contributed by atoms with E-state index in [0.29, 0.717) is 24.7 Å². The van der Waals surface area contributed by atoms with E-state index < -0.39 is 29.8 Å². The van der Waals surface area contributed by atoms with Crippen LogP contribution in [0.1, 0.15) is 25.3 Å². The van der Waals surface area contributed by atoms with Crippen LogP contribution in [0.4, 0.5) is 8.78 Å². The molecule has 1 aliphatic carbocycles. The van der Waals surface area contributed by atoms with E-state index in [0.717, 1.165) is 32.1 Å². The largest absolute Gasteiger partial charge is 0.484 e. The number of carbonyl (C=O) groups is 1. The summed E-state index contributed by atoms with van der Waals surface area (Å²) in [5.41, 5.74) is 0.156. The van der Waals surface area contributed by atoms with Gasteiger partial charge in [-0.1, -0.05) is 0 Å². The molecule has 2 fully saturated rings. The number of halogens is 2. The molecule has 0 unspecified atom stereocenters. The molecule has 1 saturated carbocycles. The van der Waals surface area contributed by atoms with Crippen LogP contribution in [0, 0.1) is 30.4 Å². The van der Waals surface area contributed by atoms with Gasteiger partial charge in [0.15, 0.2) is 11.6 Å². The Balaban J connectivity index is 0.000000471. The van der Waals surface area contributed by atoms with E-state index in [9.17, 15) is 13.9 Å². The van der Waals surface area contributed by atoms with Gasteiger partial charge in [0.25, 0.3) is 5.97 Å². The minimum Gasteiger partial charge on any atom is -0.484 e. The van der Waals surface area contributed by atoms with Gasteiger partial charge < -0.3 is 20.3 Å². The number of rotatable bonds is 2. The topological polar surface area (TPSA) is 78.8 Å². The number of carboxylic acid groups (broad SMARTS) is 1. The van der Waals surface area contributed by atoms with Crippen LogP contribution in [-0.4, -0.2) is 41.5 Å². The molecule has 134 valence electrons. The lowest BCUT2D eigenvalue weighted by atomic mass is 9.78. The highest BCUT2D eigenvalue weighted by Gasteiger charge is 2.40. The second-order valence-corrected chi connectivity index (χ2v) is 6.38. The van der Waals surface area contributed by atoms with Crippen molar-refractivity contribution in [2.75, 3.05) is 13.1 Å². The van der Waals surface area contributed by atoms with Gasteiger partial charge in [-0.3, -0.25) is 4.79 Å². The molecule has 0 spiro atoms.